The number of nitrogens with one attached hydrogen (secondary N) is 2. The first-order valence-electron chi connectivity index (χ1n) is 11.2. The number of carbonyl (C=O) groups excluding carboxylic acids is 1. The third-order valence-corrected chi connectivity index (χ3v) is 6.80. The number of hydrogen-bond acceptors (Lipinski definition) is 4. The van der Waals surface area contributed by atoms with Gasteiger partial charge in [-0.1, -0.05) is 91.0 Å². The molecule has 7 heteroatoms. The first kappa shape index (κ1) is 24.2. The van der Waals surface area contributed by atoms with Crippen molar-refractivity contribution in [2.75, 3.05) is 6.61 Å². The summed E-state index contributed by atoms with van der Waals surface area (Å²) in [6.07, 6.45) is 0. The van der Waals surface area contributed by atoms with Crippen LogP contribution in [-0.2, 0) is 21.4 Å². The first-order valence-corrected chi connectivity index (χ1v) is 12.7. The Balaban J connectivity index is 1.35. The van der Waals surface area contributed by atoms with Crippen molar-refractivity contribution < 1.29 is 17.9 Å². The number of sulfonamides is 1. The SMILES string of the molecule is O=C(COc1ccc(S(=O)(=O)NCc2ccccc2)cc1)NC(c1ccccc1)c1ccccc1. The second-order valence-electron chi connectivity index (χ2n) is 7.89. The summed E-state index contributed by atoms with van der Waals surface area (Å²) in [5, 5.41) is 3.02. The third-order valence-electron chi connectivity index (χ3n) is 5.38. The van der Waals surface area contributed by atoms with Gasteiger partial charge in [0.25, 0.3) is 5.91 Å². The van der Waals surface area contributed by atoms with Crippen LogP contribution in [0.25, 0.3) is 0 Å². The fourth-order valence-electron chi connectivity index (χ4n) is 3.57. The zero-order chi connectivity index (χ0) is 24.5. The number of carbonyl (C=O) groups is 1. The Labute approximate surface area is 205 Å². The summed E-state index contributed by atoms with van der Waals surface area (Å²) >= 11 is 0. The van der Waals surface area contributed by atoms with E-state index in [0.717, 1.165) is 16.7 Å². The average molecular weight is 487 g/mol. The molecule has 0 aliphatic rings. The molecule has 35 heavy (non-hydrogen) atoms. The molecule has 0 saturated heterocycles. The van der Waals surface area contributed by atoms with Crippen molar-refractivity contribution in [2.45, 2.75) is 17.5 Å². The van der Waals surface area contributed by atoms with Gasteiger partial charge in [-0.2, -0.15) is 0 Å². The van der Waals surface area contributed by atoms with Gasteiger partial charge >= 0.3 is 0 Å². The van der Waals surface area contributed by atoms with E-state index in [9.17, 15) is 13.2 Å². The van der Waals surface area contributed by atoms with Crippen LogP contribution in [0, 0.1) is 0 Å². The van der Waals surface area contributed by atoms with Crippen molar-refractivity contribution in [3.8, 4) is 5.75 Å². The van der Waals surface area contributed by atoms with E-state index in [2.05, 4.69) is 10.0 Å². The fraction of sp³-hybridized carbons (Fsp3) is 0.107. The van der Waals surface area contributed by atoms with E-state index in [4.69, 9.17) is 4.74 Å². The van der Waals surface area contributed by atoms with Crippen LogP contribution in [-0.4, -0.2) is 20.9 Å². The molecule has 0 atom stereocenters. The van der Waals surface area contributed by atoms with Gasteiger partial charge in [0.2, 0.25) is 10.0 Å². The van der Waals surface area contributed by atoms with Gasteiger partial charge in [0, 0.05) is 6.54 Å². The highest BCUT2D eigenvalue weighted by Gasteiger charge is 2.17. The van der Waals surface area contributed by atoms with Crippen molar-refractivity contribution >= 4 is 15.9 Å². The molecule has 0 saturated carbocycles. The number of hydrogen-bond donors (Lipinski definition) is 2. The van der Waals surface area contributed by atoms with Gasteiger partial charge in [0.05, 0.1) is 10.9 Å². The Morgan fingerprint density at radius 1 is 0.714 bits per heavy atom. The summed E-state index contributed by atoms with van der Waals surface area (Å²) < 4.78 is 33.3. The third kappa shape index (κ3) is 6.79. The van der Waals surface area contributed by atoms with Crippen molar-refractivity contribution in [1.82, 2.24) is 10.0 Å². The number of amides is 1. The van der Waals surface area contributed by atoms with E-state index < -0.39 is 10.0 Å². The molecule has 0 aromatic heterocycles. The summed E-state index contributed by atoms with van der Waals surface area (Å²) in [6.45, 7) is 0.000111. The summed E-state index contributed by atoms with van der Waals surface area (Å²) in [7, 11) is -3.67. The van der Waals surface area contributed by atoms with Crippen LogP contribution < -0.4 is 14.8 Å². The summed E-state index contributed by atoms with van der Waals surface area (Å²) in [4.78, 5) is 12.8. The monoisotopic (exact) mass is 486 g/mol. The molecule has 1 amide bonds. The number of benzene rings is 4. The van der Waals surface area contributed by atoms with Crippen LogP contribution in [0.3, 0.4) is 0 Å². The second-order valence-corrected chi connectivity index (χ2v) is 9.66. The van der Waals surface area contributed by atoms with Gasteiger partial charge in [0.1, 0.15) is 5.75 Å². The van der Waals surface area contributed by atoms with Crippen LogP contribution >= 0.6 is 0 Å². The van der Waals surface area contributed by atoms with E-state index in [-0.39, 0.29) is 30.0 Å². The molecular weight excluding hydrogens is 460 g/mol. The predicted molar refractivity (Wildman–Crippen MR) is 135 cm³/mol. The van der Waals surface area contributed by atoms with Crippen LogP contribution in [0.2, 0.25) is 0 Å². The minimum absolute atomic E-state index is 0.124. The van der Waals surface area contributed by atoms with E-state index in [1.165, 1.54) is 24.3 Å². The number of rotatable bonds is 10. The Kier molecular flexibility index (Phi) is 7.92. The van der Waals surface area contributed by atoms with E-state index >= 15 is 0 Å². The van der Waals surface area contributed by atoms with E-state index in [1.807, 2.05) is 91.0 Å². The molecular formula is C28H26N2O4S. The first-order chi connectivity index (χ1) is 17.0. The molecule has 0 spiro atoms. The van der Waals surface area contributed by atoms with Crippen molar-refractivity contribution in [1.29, 1.82) is 0 Å². The lowest BCUT2D eigenvalue weighted by Crippen LogP contribution is -2.33. The highest BCUT2D eigenvalue weighted by atomic mass is 32.2. The van der Waals surface area contributed by atoms with Crippen molar-refractivity contribution in [3.63, 3.8) is 0 Å². The van der Waals surface area contributed by atoms with Gasteiger partial charge in [0.15, 0.2) is 6.61 Å². The lowest BCUT2D eigenvalue weighted by Gasteiger charge is -2.20. The summed E-state index contributed by atoms with van der Waals surface area (Å²) in [6, 6.07) is 34.4. The Morgan fingerprint density at radius 2 is 1.23 bits per heavy atom. The topological polar surface area (TPSA) is 84.5 Å². The normalized spacial score (nSPS) is 11.2. The molecule has 0 heterocycles. The van der Waals surface area contributed by atoms with Gasteiger partial charge in [-0.15, -0.1) is 0 Å². The smallest absolute Gasteiger partial charge is 0.258 e. The fourth-order valence-corrected chi connectivity index (χ4v) is 4.59. The zero-order valence-corrected chi connectivity index (χ0v) is 19.8. The predicted octanol–water partition coefficient (Wildman–Crippen LogP) is 4.45. The maximum atomic E-state index is 12.7. The molecule has 0 aliphatic heterocycles. The van der Waals surface area contributed by atoms with E-state index in [1.54, 1.807) is 0 Å². The second kappa shape index (κ2) is 11.5. The molecule has 4 aromatic carbocycles. The molecule has 4 aromatic rings. The lowest BCUT2D eigenvalue weighted by atomic mass is 9.99. The maximum Gasteiger partial charge on any atom is 0.258 e. The van der Waals surface area contributed by atoms with Crippen LogP contribution in [0.1, 0.15) is 22.7 Å². The quantitative estimate of drug-likeness (QED) is 0.347. The van der Waals surface area contributed by atoms with Gasteiger partial charge in [-0.3, -0.25) is 4.79 Å². The molecule has 0 fully saturated rings. The van der Waals surface area contributed by atoms with Gasteiger partial charge in [-0.05, 0) is 41.0 Å². The van der Waals surface area contributed by atoms with Crippen LogP contribution in [0.5, 0.6) is 5.75 Å². The highest BCUT2D eigenvalue weighted by molar-refractivity contribution is 7.89. The molecule has 0 bridgehead atoms. The standard InChI is InChI=1S/C28H26N2O4S/c31-27(30-28(23-12-6-2-7-13-23)24-14-8-3-9-15-24)21-34-25-16-18-26(19-17-25)35(32,33)29-20-22-10-4-1-5-11-22/h1-19,28-29H,20-21H2,(H,30,31). The highest BCUT2D eigenvalue weighted by Crippen LogP contribution is 2.22. The minimum Gasteiger partial charge on any atom is -0.484 e. The molecule has 4 rings (SSSR count). The lowest BCUT2D eigenvalue weighted by molar-refractivity contribution is -0.123. The Morgan fingerprint density at radius 3 is 1.77 bits per heavy atom. The maximum absolute atomic E-state index is 12.7. The Hall–Kier alpha value is -3.94. The van der Waals surface area contributed by atoms with Crippen molar-refractivity contribution in [2.24, 2.45) is 0 Å². The zero-order valence-electron chi connectivity index (χ0n) is 19.0. The average Bonchev–Trinajstić information content (AvgIpc) is 2.91. The summed E-state index contributed by atoms with van der Waals surface area (Å²) in [5.41, 5.74) is 2.79. The molecule has 0 aliphatic carbocycles. The van der Waals surface area contributed by atoms with Crippen LogP contribution in [0.15, 0.2) is 120 Å². The Bertz CT molecular complexity index is 1290. The van der Waals surface area contributed by atoms with Gasteiger partial charge < -0.3 is 10.1 Å². The number of ether oxygens (including phenoxy) is 1. The van der Waals surface area contributed by atoms with E-state index in [0.29, 0.717) is 5.75 Å². The van der Waals surface area contributed by atoms with Crippen molar-refractivity contribution in [3.05, 3.63) is 132 Å². The minimum atomic E-state index is -3.67. The summed E-state index contributed by atoms with van der Waals surface area (Å²) in [5.74, 6) is 0.113. The molecule has 0 unspecified atom stereocenters. The molecule has 0 radical (unpaired) electrons. The molecule has 178 valence electrons. The largest absolute Gasteiger partial charge is 0.484 e. The van der Waals surface area contributed by atoms with Gasteiger partial charge in [-0.25, -0.2) is 13.1 Å². The molecule has 6 nitrogen and oxygen atoms in total. The molecule has 2 N–H and O–H groups in total. The van der Waals surface area contributed by atoms with Crippen LogP contribution in [0.4, 0.5) is 0 Å².